The first-order valence-electron chi connectivity index (χ1n) is 5.85. The minimum Gasteiger partial charge on any atom is -0.490 e. The molecule has 0 atom stereocenters. The third-order valence-electron chi connectivity index (χ3n) is 2.85. The third-order valence-corrected chi connectivity index (χ3v) is 2.85. The van der Waals surface area contributed by atoms with Crippen LogP contribution in [0.2, 0.25) is 0 Å². The van der Waals surface area contributed by atoms with E-state index in [2.05, 4.69) is 11.8 Å². The quantitative estimate of drug-likeness (QED) is 0.797. The zero-order valence-corrected chi connectivity index (χ0v) is 9.58. The van der Waals surface area contributed by atoms with Gasteiger partial charge in [0.25, 0.3) is 0 Å². The monoisotopic (exact) mass is 234 g/mol. The van der Waals surface area contributed by atoms with E-state index in [0.717, 1.165) is 12.8 Å². The summed E-state index contributed by atoms with van der Waals surface area (Å²) >= 11 is 0. The molecule has 0 spiro atoms. The van der Waals surface area contributed by atoms with Gasteiger partial charge in [0.15, 0.2) is 0 Å². The molecule has 17 heavy (non-hydrogen) atoms. The molecule has 3 heteroatoms. The standard InChI is InChI=1S/C14H15FO2/c15-14-10-13(17-12-5-1-2-6-12)8-7-11(14)4-3-9-16/h7-8,10,12,16H,1-2,5-6,9H2. The summed E-state index contributed by atoms with van der Waals surface area (Å²) < 4.78 is 19.3. The first-order chi connectivity index (χ1) is 8.29. The fourth-order valence-corrected chi connectivity index (χ4v) is 2.00. The van der Waals surface area contributed by atoms with Crippen LogP contribution in [0.15, 0.2) is 18.2 Å². The van der Waals surface area contributed by atoms with Crippen molar-refractivity contribution >= 4 is 0 Å². The van der Waals surface area contributed by atoms with E-state index in [9.17, 15) is 4.39 Å². The van der Waals surface area contributed by atoms with E-state index in [1.54, 1.807) is 12.1 Å². The molecule has 1 aliphatic rings. The van der Waals surface area contributed by atoms with Gasteiger partial charge in [0.05, 0.1) is 11.7 Å². The maximum absolute atomic E-state index is 13.6. The van der Waals surface area contributed by atoms with E-state index in [-0.39, 0.29) is 18.3 Å². The van der Waals surface area contributed by atoms with Crippen LogP contribution in [0.4, 0.5) is 4.39 Å². The van der Waals surface area contributed by atoms with Crippen molar-refractivity contribution in [2.24, 2.45) is 0 Å². The highest BCUT2D eigenvalue weighted by Crippen LogP contribution is 2.25. The average molecular weight is 234 g/mol. The summed E-state index contributed by atoms with van der Waals surface area (Å²) in [6, 6.07) is 4.67. The van der Waals surface area contributed by atoms with E-state index in [1.807, 2.05) is 0 Å². The maximum Gasteiger partial charge on any atom is 0.142 e. The largest absolute Gasteiger partial charge is 0.490 e. The van der Waals surface area contributed by atoms with E-state index < -0.39 is 5.82 Å². The normalized spacial score (nSPS) is 15.4. The molecule has 0 heterocycles. The molecule has 1 aromatic carbocycles. The lowest BCUT2D eigenvalue weighted by Gasteiger charge is -2.13. The summed E-state index contributed by atoms with van der Waals surface area (Å²) in [5, 5.41) is 8.54. The van der Waals surface area contributed by atoms with Gasteiger partial charge in [-0.15, -0.1) is 0 Å². The Bertz CT molecular complexity index is 439. The van der Waals surface area contributed by atoms with Gasteiger partial charge in [-0.2, -0.15) is 0 Å². The topological polar surface area (TPSA) is 29.5 Å². The molecule has 1 aromatic rings. The maximum atomic E-state index is 13.6. The lowest BCUT2D eigenvalue weighted by Crippen LogP contribution is -2.10. The van der Waals surface area contributed by atoms with Crippen LogP contribution in [-0.2, 0) is 0 Å². The Morgan fingerprint density at radius 1 is 1.35 bits per heavy atom. The fraction of sp³-hybridized carbons (Fsp3) is 0.429. The molecule has 0 bridgehead atoms. The van der Waals surface area contributed by atoms with Gasteiger partial charge >= 0.3 is 0 Å². The SMILES string of the molecule is OCC#Cc1ccc(OC2CCCC2)cc1F. The Morgan fingerprint density at radius 2 is 2.12 bits per heavy atom. The van der Waals surface area contributed by atoms with Crippen molar-refractivity contribution in [1.29, 1.82) is 0 Å². The molecular formula is C14H15FO2. The molecule has 0 radical (unpaired) electrons. The molecule has 0 aliphatic heterocycles. The van der Waals surface area contributed by atoms with Crippen LogP contribution in [0, 0.1) is 17.7 Å². The van der Waals surface area contributed by atoms with Gasteiger partial charge in [-0.1, -0.05) is 11.8 Å². The zero-order chi connectivity index (χ0) is 12.1. The van der Waals surface area contributed by atoms with Crippen LogP contribution < -0.4 is 4.74 Å². The highest BCUT2D eigenvalue weighted by atomic mass is 19.1. The number of ether oxygens (including phenoxy) is 1. The van der Waals surface area contributed by atoms with E-state index in [0.29, 0.717) is 5.75 Å². The van der Waals surface area contributed by atoms with Crippen LogP contribution in [0.25, 0.3) is 0 Å². The summed E-state index contributed by atoms with van der Waals surface area (Å²) in [7, 11) is 0. The summed E-state index contributed by atoms with van der Waals surface area (Å²) in [5.74, 6) is 5.13. The van der Waals surface area contributed by atoms with Crippen LogP contribution in [-0.4, -0.2) is 17.8 Å². The van der Waals surface area contributed by atoms with Crippen molar-refractivity contribution < 1.29 is 14.2 Å². The van der Waals surface area contributed by atoms with Crippen LogP contribution >= 0.6 is 0 Å². The molecule has 0 unspecified atom stereocenters. The molecule has 1 aliphatic carbocycles. The highest BCUT2D eigenvalue weighted by molar-refractivity contribution is 5.39. The summed E-state index contributed by atoms with van der Waals surface area (Å²) in [4.78, 5) is 0. The minimum atomic E-state index is -0.401. The number of benzene rings is 1. The Balaban J connectivity index is 2.07. The predicted molar refractivity (Wildman–Crippen MR) is 63.2 cm³/mol. The average Bonchev–Trinajstić information content (AvgIpc) is 2.81. The number of hydrogen-bond donors (Lipinski definition) is 1. The summed E-state index contributed by atoms with van der Waals surface area (Å²) in [6.07, 6.45) is 4.70. The molecule has 90 valence electrons. The van der Waals surface area contributed by atoms with Gasteiger partial charge in [0.1, 0.15) is 18.2 Å². The second kappa shape index (κ2) is 5.70. The first kappa shape index (κ1) is 11.9. The number of halogens is 1. The molecule has 2 rings (SSSR count). The molecule has 2 nitrogen and oxygen atoms in total. The summed E-state index contributed by atoms with van der Waals surface area (Å²) in [6.45, 7) is -0.264. The molecular weight excluding hydrogens is 219 g/mol. The van der Waals surface area contributed by atoms with Crippen molar-refractivity contribution in [3.63, 3.8) is 0 Å². The second-order valence-corrected chi connectivity index (χ2v) is 4.13. The van der Waals surface area contributed by atoms with Gasteiger partial charge in [0, 0.05) is 6.07 Å². The zero-order valence-electron chi connectivity index (χ0n) is 9.58. The van der Waals surface area contributed by atoms with Crippen molar-refractivity contribution in [2.45, 2.75) is 31.8 Å². The van der Waals surface area contributed by atoms with Crippen molar-refractivity contribution in [2.75, 3.05) is 6.61 Å². The molecule has 1 fully saturated rings. The lowest BCUT2D eigenvalue weighted by molar-refractivity contribution is 0.209. The van der Waals surface area contributed by atoms with Crippen molar-refractivity contribution in [3.8, 4) is 17.6 Å². The van der Waals surface area contributed by atoms with Crippen molar-refractivity contribution in [1.82, 2.24) is 0 Å². The number of hydrogen-bond acceptors (Lipinski definition) is 2. The Kier molecular flexibility index (Phi) is 4.00. The van der Waals surface area contributed by atoms with Crippen LogP contribution in [0.3, 0.4) is 0 Å². The van der Waals surface area contributed by atoms with Gasteiger partial charge in [-0.25, -0.2) is 4.39 Å². The number of rotatable bonds is 2. The Labute approximate surface area is 100 Å². The molecule has 0 aromatic heterocycles. The number of aliphatic hydroxyl groups is 1. The smallest absolute Gasteiger partial charge is 0.142 e. The van der Waals surface area contributed by atoms with Crippen LogP contribution in [0.5, 0.6) is 5.75 Å². The Morgan fingerprint density at radius 3 is 2.76 bits per heavy atom. The molecule has 0 amide bonds. The van der Waals surface area contributed by atoms with E-state index >= 15 is 0 Å². The molecule has 1 N–H and O–H groups in total. The fourth-order valence-electron chi connectivity index (χ4n) is 2.00. The van der Waals surface area contributed by atoms with Crippen LogP contribution in [0.1, 0.15) is 31.2 Å². The summed E-state index contributed by atoms with van der Waals surface area (Å²) in [5.41, 5.74) is 0.290. The second-order valence-electron chi connectivity index (χ2n) is 4.13. The van der Waals surface area contributed by atoms with Gasteiger partial charge < -0.3 is 9.84 Å². The van der Waals surface area contributed by atoms with Gasteiger partial charge in [-0.3, -0.25) is 0 Å². The van der Waals surface area contributed by atoms with E-state index in [1.165, 1.54) is 18.9 Å². The number of aliphatic hydroxyl groups excluding tert-OH is 1. The van der Waals surface area contributed by atoms with E-state index in [4.69, 9.17) is 9.84 Å². The minimum absolute atomic E-state index is 0.226. The predicted octanol–water partition coefficient (Wildman–Crippen LogP) is 2.49. The molecule has 1 saturated carbocycles. The van der Waals surface area contributed by atoms with Gasteiger partial charge in [0.2, 0.25) is 0 Å². The lowest BCUT2D eigenvalue weighted by atomic mass is 10.2. The molecule has 0 saturated heterocycles. The van der Waals surface area contributed by atoms with Crippen molar-refractivity contribution in [3.05, 3.63) is 29.6 Å². The third kappa shape index (κ3) is 3.21. The Hall–Kier alpha value is -1.53. The highest BCUT2D eigenvalue weighted by Gasteiger charge is 2.16. The first-order valence-corrected chi connectivity index (χ1v) is 5.85. The van der Waals surface area contributed by atoms with Gasteiger partial charge in [-0.05, 0) is 37.8 Å².